The highest BCUT2D eigenvalue weighted by Crippen LogP contribution is 2.26. The molecule has 0 radical (unpaired) electrons. The third-order valence-electron chi connectivity index (χ3n) is 4.55. The molecule has 2 rings (SSSR count). The van der Waals surface area contributed by atoms with Gasteiger partial charge in [-0.1, -0.05) is 6.92 Å². The molecular formula is C14H27N3O2. The number of likely N-dealkylation sites (N-methyl/N-ethyl adjacent to an activating group) is 1. The lowest BCUT2D eigenvalue weighted by molar-refractivity contribution is -0.133. The Kier molecular flexibility index (Phi) is 5.19. The molecule has 0 aromatic rings. The van der Waals surface area contributed by atoms with Crippen LogP contribution in [0.2, 0.25) is 0 Å². The second kappa shape index (κ2) is 6.68. The molecule has 19 heavy (non-hydrogen) atoms. The van der Waals surface area contributed by atoms with Crippen molar-refractivity contribution in [3.63, 3.8) is 0 Å². The summed E-state index contributed by atoms with van der Waals surface area (Å²) < 4.78 is 5.25. The molecule has 2 atom stereocenters. The van der Waals surface area contributed by atoms with E-state index in [-0.39, 0.29) is 11.3 Å². The highest BCUT2D eigenvalue weighted by atomic mass is 16.5. The molecule has 0 saturated carbocycles. The maximum Gasteiger partial charge on any atom is 0.229 e. The summed E-state index contributed by atoms with van der Waals surface area (Å²) in [5, 5.41) is 6.43. The number of nitrogens with one attached hydrogen (secondary N) is 2. The highest BCUT2D eigenvalue weighted by molar-refractivity contribution is 5.83. The Balaban J connectivity index is 1.85. The van der Waals surface area contributed by atoms with Crippen LogP contribution in [-0.4, -0.2) is 63.3 Å². The SMILES string of the molecule is CCN1CCCC1CNC(=O)C1(COC)CCNC1. The van der Waals surface area contributed by atoms with Gasteiger partial charge >= 0.3 is 0 Å². The molecule has 2 N–H and O–H groups in total. The van der Waals surface area contributed by atoms with Crippen molar-refractivity contribution in [1.82, 2.24) is 15.5 Å². The monoisotopic (exact) mass is 269 g/mol. The van der Waals surface area contributed by atoms with E-state index in [1.54, 1.807) is 7.11 Å². The summed E-state index contributed by atoms with van der Waals surface area (Å²) in [4.78, 5) is 14.9. The highest BCUT2D eigenvalue weighted by Gasteiger charge is 2.41. The minimum atomic E-state index is -0.357. The van der Waals surface area contributed by atoms with Gasteiger partial charge in [-0.25, -0.2) is 0 Å². The predicted octanol–water partition coefficient (Wildman–Crippen LogP) is 0.213. The van der Waals surface area contributed by atoms with Crippen molar-refractivity contribution in [2.75, 3.05) is 46.4 Å². The predicted molar refractivity (Wildman–Crippen MR) is 75.1 cm³/mol. The number of amides is 1. The Bertz CT molecular complexity index is 303. The third kappa shape index (κ3) is 3.27. The lowest BCUT2D eigenvalue weighted by Crippen LogP contribution is -2.49. The average molecular weight is 269 g/mol. The third-order valence-corrected chi connectivity index (χ3v) is 4.55. The Morgan fingerprint density at radius 2 is 2.42 bits per heavy atom. The molecule has 0 bridgehead atoms. The zero-order valence-corrected chi connectivity index (χ0v) is 12.2. The first-order chi connectivity index (χ1) is 9.22. The van der Waals surface area contributed by atoms with Gasteiger partial charge in [-0.05, 0) is 38.9 Å². The van der Waals surface area contributed by atoms with E-state index in [1.165, 1.54) is 19.4 Å². The van der Waals surface area contributed by atoms with Crippen molar-refractivity contribution in [2.24, 2.45) is 5.41 Å². The molecular weight excluding hydrogens is 242 g/mol. The van der Waals surface area contributed by atoms with Gasteiger partial charge in [-0.15, -0.1) is 0 Å². The molecule has 0 aromatic carbocycles. The first-order valence-corrected chi connectivity index (χ1v) is 7.44. The minimum Gasteiger partial charge on any atom is -0.384 e. The summed E-state index contributed by atoms with van der Waals surface area (Å²) in [5.74, 6) is 0.155. The lowest BCUT2D eigenvalue weighted by atomic mass is 9.87. The van der Waals surface area contributed by atoms with Crippen LogP contribution in [0, 0.1) is 5.41 Å². The van der Waals surface area contributed by atoms with E-state index < -0.39 is 0 Å². The summed E-state index contributed by atoms with van der Waals surface area (Å²) in [7, 11) is 1.67. The second-order valence-corrected chi connectivity index (χ2v) is 5.77. The molecule has 2 aliphatic rings. The quantitative estimate of drug-likeness (QED) is 0.724. The number of hydrogen-bond donors (Lipinski definition) is 2. The summed E-state index contributed by atoms with van der Waals surface area (Å²) in [5.41, 5.74) is -0.357. The number of likely N-dealkylation sites (tertiary alicyclic amines) is 1. The lowest BCUT2D eigenvalue weighted by Gasteiger charge is -2.28. The van der Waals surface area contributed by atoms with Crippen molar-refractivity contribution in [3.8, 4) is 0 Å². The van der Waals surface area contributed by atoms with Crippen LogP contribution in [0.15, 0.2) is 0 Å². The van der Waals surface area contributed by atoms with Crippen LogP contribution in [0.5, 0.6) is 0 Å². The van der Waals surface area contributed by atoms with Crippen LogP contribution in [0.1, 0.15) is 26.2 Å². The molecule has 110 valence electrons. The smallest absolute Gasteiger partial charge is 0.229 e. The van der Waals surface area contributed by atoms with Gasteiger partial charge in [0.15, 0.2) is 0 Å². The van der Waals surface area contributed by atoms with Gasteiger partial charge in [0, 0.05) is 26.2 Å². The topological polar surface area (TPSA) is 53.6 Å². The van der Waals surface area contributed by atoms with E-state index in [0.29, 0.717) is 12.6 Å². The van der Waals surface area contributed by atoms with Gasteiger partial charge in [0.25, 0.3) is 0 Å². The Hall–Kier alpha value is -0.650. The number of methoxy groups -OCH3 is 1. The molecule has 2 aliphatic heterocycles. The fourth-order valence-electron chi connectivity index (χ4n) is 3.34. The van der Waals surface area contributed by atoms with Crippen molar-refractivity contribution >= 4 is 5.91 Å². The summed E-state index contributed by atoms with van der Waals surface area (Å²) >= 11 is 0. The fraction of sp³-hybridized carbons (Fsp3) is 0.929. The number of carbonyl (C=O) groups is 1. The molecule has 0 aromatic heterocycles. The molecule has 5 nitrogen and oxygen atoms in total. The van der Waals surface area contributed by atoms with Crippen LogP contribution >= 0.6 is 0 Å². The zero-order valence-electron chi connectivity index (χ0n) is 12.2. The average Bonchev–Trinajstić information content (AvgIpc) is 3.05. The van der Waals surface area contributed by atoms with E-state index in [4.69, 9.17) is 4.74 Å². The van der Waals surface area contributed by atoms with E-state index >= 15 is 0 Å². The molecule has 1 amide bonds. The normalized spacial score (nSPS) is 31.8. The molecule has 2 heterocycles. The standard InChI is InChI=1S/C14H27N3O2/c1-3-17-8-4-5-12(17)9-16-13(18)14(11-19-2)6-7-15-10-14/h12,15H,3-11H2,1-2H3,(H,16,18). The van der Waals surface area contributed by atoms with E-state index in [1.807, 2.05) is 0 Å². The van der Waals surface area contributed by atoms with E-state index in [0.717, 1.165) is 32.6 Å². The van der Waals surface area contributed by atoms with Gasteiger partial charge in [0.1, 0.15) is 0 Å². The van der Waals surface area contributed by atoms with Gasteiger partial charge in [-0.2, -0.15) is 0 Å². The summed E-state index contributed by atoms with van der Waals surface area (Å²) in [6, 6.07) is 0.517. The fourth-order valence-corrected chi connectivity index (χ4v) is 3.34. The number of rotatable bonds is 6. The van der Waals surface area contributed by atoms with Crippen LogP contribution in [0.3, 0.4) is 0 Å². The molecule has 5 heteroatoms. The number of hydrogen-bond acceptors (Lipinski definition) is 4. The molecule has 0 spiro atoms. The van der Waals surface area contributed by atoms with Crippen LogP contribution < -0.4 is 10.6 Å². The maximum atomic E-state index is 12.5. The minimum absolute atomic E-state index is 0.155. The van der Waals surface area contributed by atoms with Crippen LogP contribution in [-0.2, 0) is 9.53 Å². The van der Waals surface area contributed by atoms with Crippen molar-refractivity contribution in [2.45, 2.75) is 32.2 Å². The Labute approximate surface area is 116 Å². The first-order valence-electron chi connectivity index (χ1n) is 7.44. The summed E-state index contributed by atoms with van der Waals surface area (Å²) in [6.45, 7) is 7.35. The molecule has 2 unspecified atom stereocenters. The molecule has 2 fully saturated rings. The summed E-state index contributed by atoms with van der Waals surface area (Å²) in [6.07, 6.45) is 3.32. The number of nitrogens with zero attached hydrogens (tertiary/aromatic N) is 1. The van der Waals surface area contributed by atoms with Crippen LogP contribution in [0.25, 0.3) is 0 Å². The van der Waals surface area contributed by atoms with Crippen molar-refractivity contribution in [1.29, 1.82) is 0 Å². The molecule has 2 saturated heterocycles. The number of ether oxygens (including phenoxy) is 1. The van der Waals surface area contributed by atoms with Gasteiger partial charge in [0.05, 0.1) is 12.0 Å². The number of carbonyl (C=O) groups excluding carboxylic acids is 1. The van der Waals surface area contributed by atoms with Gasteiger partial charge in [0.2, 0.25) is 5.91 Å². The van der Waals surface area contributed by atoms with E-state index in [2.05, 4.69) is 22.5 Å². The van der Waals surface area contributed by atoms with E-state index in [9.17, 15) is 4.79 Å². The molecule has 0 aliphatic carbocycles. The van der Waals surface area contributed by atoms with Gasteiger partial charge < -0.3 is 15.4 Å². The van der Waals surface area contributed by atoms with Crippen LogP contribution in [0.4, 0.5) is 0 Å². The van der Waals surface area contributed by atoms with Crippen molar-refractivity contribution in [3.05, 3.63) is 0 Å². The largest absolute Gasteiger partial charge is 0.384 e. The zero-order chi connectivity index (χ0) is 13.7. The maximum absolute atomic E-state index is 12.5. The van der Waals surface area contributed by atoms with Gasteiger partial charge in [-0.3, -0.25) is 9.69 Å². The Morgan fingerprint density at radius 3 is 3.05 bits per heavy atom. The van der Waals surface area contributed by atoms with Crippen molar-refractivity contribution < 1.29 is 9.53 Å². The first kappa shape index (κ1) is 14.8. The second-order valence-electron chi connectivity index (χ2n) is 5.77. The Morgan fingerprint density at radius 1 is 1.58 bits per heavy atom.